The van der Waals surface area contributed by atoms with Gasteiger partial charge in [-0.3, -0.25) is 4.79 Å². The third-order valence-corrected chi connectivity index (χ3v) is 4.18. The fraction of sp³-hybridized carbons (Fsp3) is 0.211. The second-order valence-corrected chi connectivity index (χ2v) is 6.66. The number of aliphatic hydroxyl groups is 1. The lowest BCUT2D eigenvalue weighted by Crippen LogP contribution is -2.35. The van der Waals surface area contributed by atoms with Crippen LogP contribution in [0.4, 0.5) is 13.2 Å². The van der Waals surface area contributed by atoms with Crippen LogP contribution in [0.25, 0.3) is 11.4 Å². The molecule has 1 heterocycles. The Morgan fingerprint density at radius 2 is 1.80 bits per heavy atom. The van der Waals surface area contributed by atoms with Gasteiger partial charge in [0.2, 0.25) is 5.82 Å². The molecule has 3 rings (SSSR count). The predicted octanol–water partition coefficient (Wildman–Crippen LogP) is 4.14. The summed E-state index contributed by atoms with van der Waals surface area (Å²) in [4.78, 5) is 16.5. The van der Waals surface area contributed by atoms with Gasteiger partial charge < -0.3 is 19.7 Å². The van der Waals surface area contributed by atoms with E-state index in [9.17, 15) is 23.1 Å². The van der Waals surface area contributed by atoms with Crippen LogP contribution in [0, 0.1) is 0 Å². The molecule has 158 valence electrons. The highest BCUT2D eigenvalue weighted by molar-refractivity contribution is 6.30. The Labute approximate surface area is 173 Å². The first kappa shape index (κ1) is 21.6. The number of aliphatic hydroxyl groups excluding tert-OH is 1. The SMILES string of the molecule is C[C@H](O)[C@H](NC(=O)c1ccc(Cl)cc1)c1nc(-c2ccc(OC(F)(F)F)cc2)no1. The standard InChI is InChI=1S/C19H15ClF3N3O4/c1-10(27)15(24-17(28)12-2-6-13(20)7-3-12)18-25-16(26-30-18)11-4-8-14(9-5-11)29-19(21,22)23/h2-10,15,27H,1H3,(H,24,28)/t10-,15-/m0/s1. The molecule has 11 heteroatoms. The van der Waals surface area contributed by atoms with Crippen molar-refractivity contribution in [1.29, 1.82) is 0 Å². The highest BCUT2D eigenvalue weighted by atomic mass is 35.5. The molecule has 30 heavy (non-hydrogen) atoms. The lowest BCUT2D eigenvalue weighted by Gasteiger charge is -2.17. The molecule has 0 radical (unpaired) electrons. The molecule has 2 aromatic carbocycles. The van der Waals surface area contributed by atoms with Crippen molar-refractivity contribution in [3.8, 4) is 17.1 Å². The van der Waals surface area contributed by atoms with Crippen molar-refractivity contribution < 1.29 is 32.3 Å². The van der Waals surface area contributed by atoms with Crippen molar-refractivity contribution in [3.63, 3.8) is 0 Å². The Bertz CT molecular complexity index is 1010. The summed E-state index contributed by atoms with van der Waals surface area (Å²) in [5.41, 5.74) is 0.665. The Morgan fingerprint density at radius 3 is 2.37 bits per heavy atom. The molecule has 0 saturated carbocycles. The Balaban J connectivity index is 1.76. The lowest BCUT2D eigenvalue weighted by atomic mass is 10.1. The van der Waals surface area contributed by atoms with Crippen LogP contribution in [0.2, 0.25) is 5.02 Å². The minimum atomic E-state index is -4.80. The van der Waals surface area contributed by atoms with Crippen LogP contribution in [-0.2, 0) is 0 Å². The maximum Gasteiger partial charge on any atom is 0.573 e. The molecule has 0 saturated heterocycles. The molecule has 3 aromatic rings. The van der Waals surface area contributed by atoms with Crippen molar-refractivity contribution in [2.24, 2.45) is 0 Å². The normalized spacial score (nSPS) is 13.5. The van der Waals surface area contributed by atoms with Gasteiger partial charge in [0.25, 0.3) is 11.8 Å². The summed E-state index contributed by atoms with van der Waals surface area (Å²) < 4.78 is 45.7. The fourth-order valence-corrected chi connectivity index (χ4v) is 2.62. The summed E-state index contributed by atoms with van der Waals surface area (Å²) in [6.07, 6.45) is -5.87. The van der Waals surface area contributed by atoms with Gasteiger partial charge in [0.15, 0.2) is 0 Å². The number of halogens is 4. The maximum absolute atomic E-state index is 12.4. The van der Waals surface area contributed by atoms with Crippen LogP contribution in [-0.4, -0.2) is 33.6 Å². The van der Waals surface area contributed by atoms with E-state index >= 15 is 0 Å². The molecule has 7 nitrogen and oxygen atoms in total. The van der Waals surface area contributed by atoms with Gasteiger partial charge in [-0.05, 0) is 55.5 Å². The number of hydrogen-bond acceptors (Lipinski definition) is 6. The fourth-order valence-electron chi connectivity index (χ4n) is 2.50. The Kier molecular flexibility index (Phi) is 6.28. The van der Waals surface area contributed by atoms with E-state index in [1.54, 1.807) is 12.1 Å². The van der Waals surface area contributed by atoms with E-state index in [-0.39, 0.29) is 11.7 Å². The molecule has 0 bridgehead atoms. The van der Waals surface area contributed by atoms with Crippen molar-refractivity contribution in [1.82, 2.24) is 15.5 Å². The van der Waals surface area contributed by atoms with Crippen LogP contribution in [0.1, 0.15) is 29.2 Å². The monoisotopic (exact) mass is 441 g/mol. The summed E-state index contributed by atoms with van der Waals surface area (Å²) >= 11 is 5.80. The number of carbonyl (C=O) groups excluding carboxylic acids is 1. The lowest BCUT2D eigenvalue weighted by molar-refractivity contribution is -0.274. The highest BCUT2D eigenvalue weighted by Crippen LogP contribution is 2.26. The van der Waals surface area contributed by atoms with Crippen molar-refractivity contribution >= 4 is 17.5 Å². The molecule has 2 N–H and O–H groups in total. The van der Waals surface area contributed by atoms with Crippen molar-refractivity contribution in [2.45, 2.75) is 25.4 Å². The second kappa shape index (κ2) is 8.72. The molecule has 0 aliphatic rings. The average molecular weight is 442 g/mol. The van der Waals surface area contributed by atoms with E-state index in [0.29, 0.717) is 16.1 Å². The molecule has 0 fully saturated rings. The Morgan fingerprint density at radius 1 is 1.17 bits per heavy atom. The van der Waals surface area contributed by atoms with Gasteiger partial charge in [-0.15, -0.1) is 13.2 Å². The quantitative estimate of drug-likeness (QED) is 0.596. The van der Waals surface area contributed by atoms with E-state index in [1.165, 1.54) is 31.2 Å². The zero-order chi connectivity index (χ0) is 21.9. The molecule has 2 atom stereocenters. The number of amides is 1. The third-order valence-electron chi connectivity index (χ3n) is 3.93. The number of nitrogens with one attached hydrogen (secondary N) is 1. The van der Waals surface area contributed by atoms with Crippen molar-refractivity contribution in [3.05, 3.63) is 65.0 Å². The molecule has 1 amide bonds. The van der Waals surface area contributed by atoms with Crippen LogP contribution in [0.15, 0.2) is 53.1 Å². The molecular weight excluding hydrogens is 427 g/mol. The van der Waals surface area contributed by atoms with E-state index < -0.39 is 30.2 Å². The number of benzene rings is 2. The summed E-state index contributed by atoms with van der Waals surface area (Å²) in [7, 11) is 0. The first-order chi connectivity index (χ1) is 14.1. The third kappa shape index (κ3) is 5.49. The van der Waals surface area contributed by atoms with Gasteiger partial charge >= 0.3 is 6.36 Å². The number of rotatable bonds is 6. The summed E-state index contributed by atoms with van der Waals surface area (Å²) in [5, 5.41) is 16.9. The topological polar surface area (TPSA) is 97.5 Å². The van der Waals surface area contributed by atoms with Crippen LogP contribution in [0.5, 0.6) is 5.75 Å². The predicted molar refractivity (Wildman–Crippen MR) is 99.8 cm³/mol. The van der Waals surface area contributed by atoms with Gasteiger partial charge in [-0.2, -0.15) is 4.98 Å². The number of nitrogens with zero attached hydrogens (tertiary/aromatic N) is 2. The molecular formula is C19H15ClF3N3O4. The van der Waals surface area contributed by atoms with Crippen LogP contribution < -0.4 is 10.1 Å². The van der Waals surface area contributed by atoms with Crippen LogP contribution >= 0.6 is 11.6 Å². The Hall–Kier alpha value is -3.11. The van der Waals surface area contributed by atoms with Gasteiger partial charge in [0.1, 0.15) is 11.8 Å². The maximum atomic E-state index is 12.4. The van der Waals surface area contributed by atoms with E-state index in [0.717, 1.165) is 12.1 Å². The van der Waals surface area contributed by atoms with Crippen LogP contribution in [0.3, 0.4) is 0 Å². The first-order valence-corrected chi connectivity index (χ1v) is 8.94. The van der Waals surface area contributed by atoms with E-state index in [2.05, 4.69) is 20.2 Å². The average Bonchev–Trinajstić information content (AvgIpc) is 3.15. The zero-order valence-electron chi connectivity index (χ0n) is 15.4. The highest BCUT2D eigenvalue weighted by Gasteiger charge is 2.31. The van der Waals surface area contributed by atoms with E-state index in [1.807, 2.05) is 0 Å². The minimum absolute atomic E-state index is 0.0648. The van der Waals surface area contributed by atoms with Crippen molar-refractivity contribution in [2.75, 3.05) is 0 Å². The number of ether oxygens (including phenoxy) is 1. The van der Waals surface area contributed by atoms with Gasteiger partial charge in [0.05, 0.1) is 6.10 Å². The summed E-state index contributed by atoms with van der Waals surface area (Å²) in [5.74, 6) is -0.897. The van der Waals surface area contributed by atoms with Gasteiger partial charge in [-0.25, -0.2) is 0 Å². The van der Waals surface area contributed by atoms with Gasteiger partial charge in [0, 0.05) is 16.1 Å². The summed E-state index contributed by atoms with van der Waals surface area (Å²) in [6.45, 7) is 1.43. The largest absolute Gasteiger partial charge is 0.573 e. The number of alkyl halides is 3. The number of hydrogen-bond donors (Lipinski definition) is 2. The summed E-state index contributed by atoms with van der Waals surface area (Å²) in [6, 6.07) is 9.96. The molecule has 0 unspecified atom stereocenters. The zero-order valence-corrected chi connectivity index (χ0v) is 16.1. The number of aromatic nitrogens is 2. The van der Waals surface area contributed by atoms with Gasteiger partial charge in [-0.1, -0.05) is 16.8 Å². The molecule has 0 spiro atoms. The minimum Gasteiger partial charge on any atom is -0.406 e. The smallest absolute Gasteiger partial charge is 0.406 e. The molecule has 0 aliphatic heterocycles. The molecule has 1 aromatic heterocycles. The number of carbonyl (C=O) groups is 1. The molecule has 0 aliphatic carbocycles. The second-order valence-electron chi connectivity index (χ2n) is 6.23. The first-order valence-electron chi connectivity index (χ1n) is 8.56. The van der Waals surface area contributed by atoms with E-state index in [4.69, 9.17) is 16.1 Å².